The summed E-state index contributed by atoms with van der Waals surface area (Å²) in [6.07, 6.45) is 2.40. The van der Waals surface area contributed by atoms with Crippen molar-refractivity contribution in [2.75, 3.05) is 11.9 Å². The zero-order valence-corrected chi connectivity index (χ0v) is 13.4. The first-order valence-electron chi connectivity index (χ1n) is 7.42. The fourth-order valence-electron chi connectivity index (χ4n) is 2.90. The van der Waals surface area contributed by atoms with E-state index >= 15 is 0 Å². The number of fused-ring (bicyclic) bond motifs is 1. The summed E-state index contributed by atoms with van der Waals surface area (Å²) in [6, 6.07) is 11.3. The van der Waals surface area contributed by atoms with Crippen LogP contribution in [0.1, 0.15) is 36.8 Å². The summed E-state index contributed by atoms with van der Waals surface area (Å²) in [5, 5.41) is 5.79. The molecule has 0 saturated carbocycles. The van der Waals surface area contributed by atoms with E-state index in [4.69, 9.17) is 0 Å². The van der Waals surface area contributed by atoms with E-state index in [0.29, 0.717) is 0 Å². The first kappa shape index (κ1) is 13.7. The molecule has 2 aromatic rings. The van der Waals surface area contributed by atoms with Crippen LogP contribution in [0.5, 0.6) is 0 Å². The quantitative estimate of drug-likeness (QED) is 0.830. The molecule has 3 rings (SSSR count). The summed E-state index contributed by atoms with van der Waals surface area (Å²) in [4.78, 5) is 1.51. The largest absolute Gasteiger partial charge is 0.385 e. The van der Waals surface area contributed by atoms with Gasteiger partial charge in [0.15, 0.2) is 0 Å². The maximum atomic E-state index is 3.61. The van der Waals surface area contributed by atoms with Gasteiger partial charge in [0.2, 0.25) is 0 Å². The normalized spacial score (nSPS) is 18.4. The van der Waals surface area contributed by atoms with Crippen molar-refractivity contribution < 1.29 is 0 Å². The number of thiophene rings is 1. The summed E-state index contributed by atoms with van der Waals surface area (Å²) < 4.78 is 0. The lowest BCUT2D eigenvalue weighted by Crippen LogP contribution is -2.25. The third kappa shape index (κ3) is 2.90. The van der Waals surface area contributed by atoms with Crippen molar-refractivity contribution in [1.82, 2.24) is 0 Å². The minimum absolute atomic E-state index is 0.232. The average molecular weight is 285 g/mol. The van der Waals surface area contributed by atoms with Crippen molar-refractivity contribution in [1.29, 1.82) is 0 Å². The highest BCUT2D eigenvalue weighted by Gasteiger charge is 2.21. The molecule has 1 N–H and O–H groups in total. The molecule has 0 spiro atoms. The summed E-state index contributed by atoms with van der Waals surface area (Å²) >= 11 is 1.88. The molecule has 0 saturated heterocycles. The van der Waals surface area contributed by atoms with Gasteiger partial charge in [-0.3, -0.25) is 0 Å². The molecule has 0 amide bonds. The van der Waals surface area contributed by atoms with Gasteiger partial charge >= 0.3 is 0 Å². The highest BCUT2D eigenvalue weighted by Crippen LogP contribution is 2.32. The van der Waals surface area contributed by atoms with Gasteiger partial charge in [-0.1, -0.05) is 39.0 Å². The lowest BCUT2D eigenvalue weighted by atomic mass is 9.83. The van der Waals surface area contributed by atoms with Crippen LogP contribution in [0.25, 0.3) is 0 Å². The van der Waals surface area contributed by atoms with Gasteiger partial charge in [0.25, 0.3) is 0 Å². The molecular weight excluding hydrogens is 262 g/mol. The minimum Gasteiger partial charge on any atom is -0.385 e. The number of hydrogen-bond acceptors (Lipinski definition) is 2. The summed E-state index contributed by atoms with van der Waals surface area (Å²) in [6.45, 7) is 7.95. The Balaban J connectivity index is 1.79. The van der Waals surface area contributed by atoms with E-state index in [1.54, 1.807) is 0 Å². The van der Waals surface area contributed by atoms with E-state index in [-0.39, 0.29) is 5.41 Å². The van der Waals surface area contributed by atoms with Crippen molar-refractivity contribution in [3.05, 3.63) is 51.7 Å². The predicted octanol–water partition coefficient (Wildman–Crippen LogP) is 4.87. The average Bonchev–Trinajstić information content (AvgIpc) is 2.90. The van der Waals surface area contributed by atoms with Crippen molar-refractivity contribution in [3.8, 4) is 0 Å². The van der Waals surface area contributed by atoms with Crippen LogP contribution in [0.2, 0.25) is 0 Å². The van der Waals surface area contributed by atoms with Gasteiger partial charge in [0, 0.05) is 17.1 Å². The smallest absolute Gasteiger partial charge is 0.0373 e. The van der Waals surface area contributed by atoms with Crippen molar-refractivity contribution in [3.63, 3.8) is 0 Å². The first-order chi connectivity index (χ1) is 9.52. The molecule has 2 heteroatoms. The summed E-state index contributed by atoms with van der Waals surface area (Å²) in [5.41, 5.74) is 4.50. The van der Waals surface area contributed by atoms with E-state index in [1.807, 2.05) is 11.3 Å². The monoisotopic (exact) mass is 285 g/mol. The molecule has 106 valence electrons. The Hall–Kier alpha value is -1.28. The second-order valence-electron chi connectivity index (χ2n) is 6.86. The zero-order chi connectivity index (χ0) is 14.2. The fourth-order valence-corrected chi connectivity index (χ4v) is 3.72. The van der Waals surface area contributed by atoms with Gasteiger partial charge < -0.3 is 5.32 Å². The molecule has 0 aliphatic carbocycles. The van der Waals surface area contributed by atoms with E-state index < -0.39 is 0 Å². The first-order valence-corrected chi connectivity index (χ1v) is 8.30. The molecule has 0 radical (unpaired) electrons. The molecule has 2 heterocycles. The second kappa shape index (κ2) is 5.25. The topological polar surface area (TPSA) is 12.0 Å². The Morgan fingerprint density at radius 1 is 1.25 bits per heavy atom. The molecule has 1 aliphatic heterocycles. The standard InChI is InChI=1S/C18H23NS/c1-18(2,3)15-6-7-17-14(11-15)9-13(12-19-17)10-16-5-4-8-20-16/h4-8,11,13,19H,9-10,12H2,1-3H3. The van der Waals surface area contributed by atoms with Crippen LogP contribution in [-0.4, -0.2) is 6.54 Å². The number of rotatable bonds is 2. The predicted molar refractivity (Wildman–Crippen MR) is 88.8 cm³/mol. The fraction of sp³-hybridized carbons (Fsp3) is 0.444. The van der Waals surface area contributed by atoms with Crippen molar-refractivity contribution in [2.24, 2.45) is 5.92 Å². The molecule has 20 heavy (non-hydrogen) atoms. The van der Waals surface area contributed by atoms with Crippen molar-refractivity contribution >= 4 is 17.0 Å². The van der Waals surface area contributed by atoms with E-state index in [9.17, 15) is 0 Å². The molecule has 1 aromatic heterocycles. The Labute approximate surface area is 126 Å². The number of hydrogen-bond donors (Lipinski definition) is 1. The van der Waals surface area contributed by atoms with Crippen LogP contribution in [0.4, 0.5) is 5.69 Å². The second-order valence-corrected chi connectivity index (χ2v) is 7.89. The Kier molecular flexibility index (Phi) is 3.59. The van der Waals surface area contributed by atoms with Crippen LogP contribution in [0, 0.1) is 5.92 Å². The minimum atomic E-state index is 0.232. The summed E-state index contributed by atoms with van der Waals surface area (Å²) in [5.74, 6) is 0.719. The van der Waals surface area contributed by atoms with Crippen LogP contribution in [-0.2, 0) is 18.3 Å². The van der Waals surface area contributed by atoms with Crippen LogP contribution < -0.4 is 5.32 Å². The van der Waals surface area contributed by atoms with Crippen LogP contribution >= 0.6 is 11.3 Å². The number of anilines is 1. The van der Waals surface area contributed by atoms with Gasteiger partial charge in [-0.2, -0.15) is 0 Å². The highest BCUT2D eigenvalue weighted by atomic mass is 32.1. The molecule has 0 bridgehead atoms. The van der Waals surface area contributed by atoms with E-state index in [1.165, 1.54) is 34.5 Å². The molecule has 1 aromatic carbocycles. The Bertz CT molecular complexity index is 578. The number of benzene rings is 1. The van der Waals surface area contributed by atoms with Gasteiger partial charge in [-0.15, -0.1) is 11.3 Å². The molecule has 1 unspecified atom stereocenters. The molecule has 0 fully saturated rings. The van der Waals surface area contributed by atoms with Crippen LogP contribution in [0.3, 0.4) is 0 Å². The van der Waals surface area contributed by atoms with Gasteiger partial charge in [0.1, 0.15) is 0 Å². The lowest BCUT2D eigenvalue weighted by Gasteiger charge is -2.28. The molecular formula is C18H23NS. The number of nitrogens with one attached hydrogen (secondary N) is 1. The zero-order valence-electron chi connectivity index (χ0n) is 12.6. The van der Waals surface area contributed by atoms with Gasteiger partial charge in [-0.05, 0) is 52.8 Å². The molecule has 1 nitrogen and oxygen atoms in total. The SMILES string of the molecule is CC(C)(C)c1ccc2c(c1)CC(Cc1cccs1)CN2. The van der Waals surface area contributed by atoms with Gasteiger partial charge in [-0.25, -0.2) is 0 Å². The maximum Gasteiger partial charge on any atom is 0.0373 e. The van der Waals surface area contributed by atoms with E-state index in [2.05, 4.69) is 61.8 Å². The molecule has 1 atom stereocenters. The lowest BCUT2D eigenvalue weighted by molar-refractivity contribution is 0.535. The third-order valence-corrected chi connectivity index (χ3v) is 5.03. The van der Waals surface area contributed by atoms with Gasteiger partial charge in [0.05, 0.1) is 0 Å². The highest BCUT2D eigenvalue weighted by molar-refractivity contribution is 7.09. The van der Waals surface area contributed by atoms with Crippen LogP contribution in [0.15, 0.2) is 35.7 Å². The van der Waals surface area contributed by atoms with Crippen molar-refractivity contribution in [2.45, 2.75) is 39.0 Å². The Morgan fingerprint density at radius 2 is 2.10 bits per heavy atom. The molecule has 1 aliphatic rings. The third-order valence-electron chi connectivity index (χ3n) is 4.13. The maximum absolute atomic E-state index is 3.61. The Morgan fingerprint density at radius 3 is 2.80 bits per heavy atom. The summed E-state index contributed by atoms with van der Waals surface area (Å²) in [7, 11) is 0. The van der Waals surface area contributed by atoms with E-state index in [0.717, 1.165) is 12.5 Å².